The van der Waals surface area contributed by atoms with Crippen LogP contribution in [0.15, 0.2) is 34.9 Å². The van der Waals surface area contributed by atoms with Gasteiger partial charge in [0.15, 0.2) is 0 Å². The Kier molecular flexibility index (Phi) is 13.8. The third-order valence-electron chi connectivity index (χ3n) is 3.74. The molecule has 0 rings (SSSR count). The summed E-state index contributed by atoms with van der Waals surface area (Å²) in [7, 11) is 0. The zero-order valence-electron chi connectivity index (χ0n) is 16.4. The summed E-state index contributed by atoms with van der Waals surface area (Å²) in [6.45, 7) is 8.24. The van der Waals surface area contributed by atoms with Crippen molar-refractivity contribution in [2.45, 2.75) is 59.4 Å². The Labute approximate surface area is 161 Å². The highest BCUT2D eigenvalue weighted by Gasteiger charge is 2.16. The number of nitrogens with one attached hydrogen (secondary N) is 1. The van der Waals surface area contributed by atoms with Gasteiger partial charge >= 0.3 is 11.9 Å². The molecule has 0 aromatic carbocycles. The number of aliphatic carboxylic acids is 1. The molecule has 0 radical (unpaired) electrons. The van der Waals surface area contributed by atoms with Crippen LogP contribution in [0.25, 0.3) is 0 Å². The van der Waals surface area contributed by atoms with E-state index in [-0.39, 0.29) is 6.61 Å². The number of carbonyl (C=O) groups excluding carboxylic acids is 1. The molecule has 0 fully saturated rings. The quantitative estimate of drug-likeness (QED) is 0.272. The molecule has 0 saturated heterocycles. The van der Waals surface area contributed by atoms with E-state index in [0.717, 1.165) is 31.4 Å². The summed E-state index contributed by atoms with van der Waals surface area (Å²) in [6.07, 6.45) is 10.9. The van der Waals surface area contributed by atoms with Crippen LogP contribution in [0.3, 0.4) is 0 Å². The molecule has 1 atom stereocenters. The van der Waals surface area contributed by atoms with Gasteiger partial charge in [0.1, 0.15) is 0 Å². The molecule has 3 N–H and O–H groups in total. The van der Waals surface area contributed by atoms with E-state index in [1.54, 1.807) is 11.8 Å². The van der Waals surface area contributed by atoms with E-state index in [1.165, 1.54) is 16.7 Å². The van der Waals surface area contributed by atoms with Crippen molar-refractivity contribution in [3.05, 3.63) is 34.9 Å². The lowest BCUT2D eigenvalue weighted by Gasteiger charge is -2.13. The van der Waals surface area contributed by atoms with Crippen LogP contribution in [0, 0.1) is 0 Å². The van der Waals surface area contributed by atoms with Crippen LogP contribution in [0.4, 0.5) is 0 Å². The monoisotopic (exact) mass is 383 g/mol. The van der Waals surface area contributed by atoms with Gasteiger partial charge in [-0.2, -0.15) is 11.8 Å². The van der Waals surface area contributed by atoms with Crippen LogP contribution in [0.1, 0.15) is 53.4 Å². The largest absolute Gasteiger partial charge is 0.474 e. The first-order valence-corrected chi connectivity index (χ1v) is 10.1. The van der Waals surface area contributed by atoms with Gasteiger partial charge in [-0.25, -0.2) is 4.79 Å². The van der Waals surface area contributed by atoms with Crippen molar-refractivity contribution in [2.24, 2.45) is 0 Å². The molecule has 0 heterocycles. The van der Waals surface area contributed by atoms with Crippen molar-refractivity contribution in [2.75, 3.05) is 18.1 Å². The number of carbonyl (C=O) groups is 2. The first-order valence-electron chi connectivity index (χ1n) is 8.93. The van der Waals surface area contributed by atoms with E-state index < -0.39 is 17.9 Å². The third kappa shape index (κ3) is 13.7. The van der Waals surface area contributed by atoms with Gasteiger partial charge < -0.3 is 15.5 Å². The zero-order valence-corrected chi connectivity index (χ0v) is 17.2. The summed E-state index contributed by atoms with van der Waals surface area (Å²) < 4.78 is 0. The molecular formula is C20H33NO4S. The number of thioether (sulfide) groups is 1. The maximum Gasteiger partial charge on any atom is 0.394 e. The van der Waals surface area contributed by atoms with E-state index in [2.05, 4.69) is 51.2 Å². The minimum Gasteiger partial charge on any atom is -0.474 e. The lowest BCUT2D eigenvalue weighted by atomic mass is 10.1. The zero-order chi connectivity index (χ0) is 19.9. The van der Waals surface area contributed by atoms with E-state index in [1.807, 2.05) is 0 Å². The lowest BCUT2D eigenvalue weighted by molar-refractivity contribution is -0.150. The van der Waals surface area contributed by atoms with Gasteiger partial charge in [0.2, 0.25) is 0 Å². The van der Waals surface area contributed by atoms with Crippen LogP contribution in [-0.2, 0) is 9.59 Å². The van der Waals surface area contributed by atoms with Crippen molar-refractivity contribution >= 4 is 23.6 Å². The summed E-state index contributed by atoms with van der Waals surface area (Å²) in [5.74, 6) is -1.37. The number of aliphatic hydroxyl groups excluding tert-OH is 1. The minimum absolute atomic E-state index is 0.272. The summed E-state index contributed by atoms with van der Waals surface area (Å²) in [6, 6.07) is -0.538. The Morgan fingerprint density at radius 1 is 1.00 bits per heavy atom. The molecule has 0 aromatic rings. The molecule has 0 aromatic heterocycles. The number of carboxylic acids is 1. The van der Waals surface area contributed by atoms with Gasteiger partial charge in [-0.05, 0) is 53.4 Å². The molecule has 1 amide bonds. The fraction of sp³-hybridized carbons (Fsp3) is 0.600. The second kappa shape index (κ2) is 14.6. The Balaban J connectivity index is 4.04. The van der Waals surface area contributed by atoms with Crippen molar-refractivity contribution in [3.8, 4) is 0 Å². The number of allylic oxidation sites excluding steroid dienone is 5. The first-order chi connectivity index (χ1) is 12.3. The molecular weight excluding hydrogens is 350 g/mol. The minimum atomic E-state index is -1.53. The van der Waals surface area contributed by atoms with Crippen molar-refractivity contribution in [1.82, 2.24) is 5.32 Å². The maximum absolute atomic E-state index is 11.1. The molecule has 0 aliphatic heterocycles. The average molecular weight is 384 g/mol. The van der Waals surface area contributed by atoms with E-state index >= 15 is 0 Å². The second-order valence-electron chi connectivity index (χ2n) is 6.66. The highest BCUT2D eigenvalue weighted by atomic mass is 32.2. The number of aliphatic hydroxyl groups is 1. The van der Waals surface area contributed by atoms with Gasteiger partial charge in [0.25, 0.3) is 0 Å². The van der Waals surface area contributed by atoms with Gasteiger partial charge in [-0.3, -0.25) is 4.79 Å². The molecule has 0 bridgehead atoms. The number of carboxylic acid groups (broad SMARTS) is 1. The Hall–Kier alpha value is -1.53. The summed E-state index contributed by atoms with van der Waals surface area (Å²) in [5, 5.41) is 20.0. The molecule has 0 aliphatic rings. The van der Waals surface area contributed by atoms with Crippen molar-refractivity contribution < 1.29 is 19.8 Å². The highest BCUT2D eigenvalue weighted by Crippen LogP contribution is 2.12. The summed E-state index contributed by atoms with van der Waals surface area (Å²) >= 11 is 1.56. The van der Waals surface area contributed by atoms with E-state index in [9.17, 15) is 14.7 Å². The second-order valence-corrected chi connectivity index (χ2v) is 7.73. The van der Waals surface area contributed by atoms with Crippen molar-refractivity contribution in [1.29, 1.82) is 0 Å². The fourth-order valence-electron chi connectivity index (χ4n) is 2.14. The third-order valence-corrected chi connectivity index (χ3v) is 4.78. The van der Waals surface area contributed by atoms with Crippen LogP contribution in [0.5, 0.6) is 0 Å². The average Bonchev–Trinajstić information content (AvgIpc) is 2.56. The van der Waals surface area contributed by atoms with Crippen LogP contribution < -0.4 is 5.32 Å². The number of hydrogen-bond acceptors (Lipinski definition) is 4. The molecule has 0 aliphatic carbocycles. The topological polar surface area (TPSA) is 86.6 Å². The standard InChI is InChI=1S/C20H33NO4S/c1-15(2)7-5-8-16(3)9-6-10-17(4)11-12-26-14-18(13-22)21-19(23)20(24)25/h7,9,11,18,22H,5-6,8,10,12-14H2,1-4H3,(H,21,23)(H,24,25)/b16-9+,17-11+/t18-/m1/s1. The Morgan fingerprint density at radius 3 is 2.12 bits per heavy atom. The highest BCUT2D eigenvalue weighted by molar-refractivity contribution is 7.99. The molecule has 5 nitrogen and oxygen atoms in total. The fourth-order valence-corrected chi connectivity index (χ4v) is 3.15. The normalized spacial score (nSPS) is 13.3. The molecule has 0 unspecified atom stereocenters. The van der Waals surface area contributed by atoms with Crippen LogP contribution in [-0.4, -0.2) is 46.2 Å². The maximum atomic E-state index is 11.1. The summed E-state index contributed by atoms with van der Waals surface area (Å²) in [4.78, 5) is 21.6. The molecule has 26 heavy (non-hydrogen) atoms. The molecule has 0 spiro atoms. The van der Waals surface area contributed by atoms with Crippen LogP contribution >= 0.6 is 11.8 Å². The smallest absolute Gasteiger partial charge is 0.394 e. The lowest BCUT2D eigenvalue weighted by Crippen LogP contribution is -2.42. The molecule has 6 heteroatoms. The predicted octanol–water partition coefficient (Wildman–Crippen LogP) is 3.70. The SMILES string of the molecule is CC(C)=CCC/C(C)=C/CC/C(C)=C/CSC[C@@H](CO)NC(=O)C(=O)O. The van der Waals surface area contributed by atoms with Gasteiger partial charge in [-0.15, -0.1) is 0 Å². The predicted molar refractivity (Wildman–Crippen MR) is 109 cm³/mol. The molecule has 148 valence electrons. The Morgan fingerprint density at radius 2 is 1.58 bits per heavy atom. The van der Waals surface area contributed by atoms with Gasteiger partial charge in [-0.1, -0.05) is 34.9 Å². The number of hydrogen-bond donors (Lipinski definition) is 3. The number of amides is 1. The Bertz CT molecular complexity index is 534. The molecule has 0 saturated carbocycles. The van der Waals surface area contributed by atoms with E-state index in [0.29, 0.717) is 5.75 Å². The van der Waals surface area contributed by atoms with Crippen molar-refractivity contribution in [3.63, 3.8) is 0 Å². The first kappa shape index (κ1) is 24.5. The van der Waals surface area contributed by atoms with Gasteiger partial charge in [0, 0.05) is 11.5 Å². The van der Waals surface area contributed by atoms with Crippen LogP contribution in [0.2, 0.25) is 0 Å². The summed E-state index contributed by atoms with van der Waals surface area (Å²) in [5.41, 5.74) is 4.09. The van der Waals surface area contributed by atoms with Gasteiger partial charge in [0.05, 0.1) is 12.6 Å². The van der Waals surface area contributed by atoms with E-state index in [4.69, 9.17) is 5.11 Å². The number of rotatable bonds is 12.